The van der Waals surface area contributed by atoms with Gasteiger partial charge in [0.05, 0.1) is 17.6 Å². The van der Waals surface area contributed by atoms with E-state index in [9.17, 15) is 36.5 Å². The first-order chi connectivity index (χ1) is 16.3. The minimum atomic E-state index is -5.08. The second kappa shape index (κ2) is 11.2. The number of carboxylic acids is 1. The SMILES string of the molecule is COC(=O)c1ccc(C2CN(S(=O)(=O)c3ccccc3[N+](=O)[O-])CCN2)cc1.O=C(O)C(F)(F)F. The number of nitro benzene ring substituents is 1. The van der Waals surface area contributed by atoms with Gasteiger partial charge >= 0.3 is 18.1 Å². The normalized spacial score (nSPS) is 16.5. The van der Waals surface area contributed by atoms with Crippen molar-refractivity contribution in [3.63, 3.8) is 0 Å². The van der Waals surface area contributed by atoms with Crippen molar-refractivity contribution in [3.8, 4) is 0 Å². The van der Waals surface area contributed by atoms with Gasteiger partial charge in [-0.2, -0.15) is 17.5 Å². The molecule has 11 nitrogen and oxygen atoms in total. The number of piperazine rings is 1. The molecular weight excluding hydrogens is 499 g/mol. The Morgan fingerprint density at radius 3 is 2.26 bits per heavy atom. The number of esters is 1. The van der Waals surface area contributed by atoms with Crippen LogP contribution >= 0.6 is 0 Å². The van der Waals surface area contributed by atoms with Gasteiger partial charge in [0, 0.05) is 31.7 Å². The number of ether oxygens (including phenoxy) is 1. The molecule has 0 aliphatic carbocycles. The Morgan fingerprint density at radius 2 is 1.74 bits per heavy atom. The minimum absolute atomic E-state index is 0.117. The molecule has 0 amide bonds. The van der Waals surface area contributed by atoms with Crippen molar-refractivity contribution in [1.82, 2.24) is 9.62 Å². The number of sulfonamides is 1. The number of hydrogen-bond acceptors (Lipinski definition) is 8. The summed E-state index contributed by atoms with van der Waals surface area (Å²) in [5.41, 5.74) is 0.751. The number of methoxy groups -OCH3 is 1. The second-order valence-electron chi connectivity index (χ2n) is 7.01. The van der Waals surface area contributed by atoms with Gasteiger partial charge in [0.15, 0.2) is 4.90 Å². The predicted octanol–water partition coefficient (Wildman–Crippen LogP) is 2.35. The van der Waals surface area contributed by atoms with Crippen LogP contribution in [0.2, 0.25) is 0 Å². The number of carbonyl (C=O) groups is 2. The first-order valence-corrected chi connectivity index (χ1v) is 11.2. The number of alkyl halides is 3. The lowest BCUT2D eigenvalue weighted by Gasteiger charge is -2.33. The summed E-state index contributed by atoms with van der Waals surface area (Å²) in [4.78, 5) is 30.7. The van der Waals surface area contributed by atoms with Crippen molar-refractivity contribution in [2.24, 2.45) is 0 Å². The van der Waals surface area contributed by atoms with Crippen LogP contribution < -0.4 is 5.32 Å². The van der Waals surface area contributed by atoms with Crippen LogP contribution in [0.25, 0.3) is 0 Å². The van der Waals surface area contributed by atoms with E-state index >= 15 is 0 Å². The summed E-state index contributed by atoms with van der Waals surface area (Å²) >= 11 is 0. The van der Waals surface area contributed by atoms with Crippen LogP contribution in [-0.2, 0) is 19.6 Å². The summed E-state index contributed by atoms with van der Waals surface area (Å²) < 4.78 is 63.7. The van der Waals surface area contributed by atoms with Crippen molar-refractivity contribution in [2.45, 2.75) is 17.1 Å². The van der Waals surface area contributed by atoms with Crippen LogP contribution in [0, 0.1) is 10.1 Å². The molecule has 2 aromatic carbocycles. The zero-order valence-corrected chi connectivity index (χ0v) is 18.9. The van der Waals surface area contributed by atoms with E-state index in [0.29, 0.717) is 12.1 Å². The zero-order chi connectivity index (χ0) is 26.4. The number of halogens is 3. The van der Waals surface area contributed by atoms with Crippen LogP contribution in [0.15, 0.2) is 53.4 Å². The average Bonchev–Trinajstić information content (AvgIpc) is 2.83. The van der Waals surface area contributed by atoms with E-state index in [-0.39, 0.29) is 24.0 Å². The first-order valence-electron chi connectivity index (χ1n) is 9.74. The van der Waals surface area contributed by atoms with Crippen molar-refractivity contribution < 1.29 is 45.9 Å². The van der Waals surface area contributed by atoms with E-state index in [1.807, 2.05) is 0 Å². The van der Waals surface area contributed by atoms with E-state index in [1.165, 1.54) is 35.7 Å². The largest absolute Gasteiger partial charge is 0.490 e. The lowest BCUT2D eigenvalue weighted by atomic mass is 10.0. The summed E-state index contributed by atoms with van der Waals surface area (Å²) in [5.74, 6) is -3.21. The van der Waals surface area contributed by atoms with Gasteiger partial charge in [0.25, 0.3) is 5.69 Å². The molecule has 2 aromatic rings. The molecule has 1 atom stereocenters. The van der Waals surface area contributed by atoms with E-state index in [0.717, 1.165) is 5.56 Å². The first kappa shape index (κ1) is 27.7. The van der Waals surface area contributed by atoms with Gasteiger partial charge in [-0.1, -0.05) is 24.3 Å². The quantitative estimate of drug-likeness (QED) is 0.344. The number of nitrogens with one attached hydrogen (secondary N) is 1. The van der Waals surface area contributed by atoms with Gasteiger partial charge in [-0.05, 0) is 23.8 Å². The molecule has 190 valence electrons. The molecule has 0 bridgehead atoms. The molecule has 0 aromatic heterocycles. The van der Waals surface area contributed by atoms with E-state index < -0.39 is 38.7 Å². The Kier molecular flexibility index (Phi) is 8.89. The number of rotatable bonds is 5. The fourth-order valence-electron chi connectivity index (χ4n) is 3.10. The van der Waals surface area contributed by atoms with E-state index in [1.54, 1.807) is 24.3 Å². The number of aliphatic carboxylic acids is 1. The number of para-hydroxylation sites is 1. The molecule has 15 heteroatoms. The molecule has 35 heavy (non-hydrogen) atoms. The topological polar surface area (TPSA) is 156 Å². The lowest BCUT2D eigenvalue weighted by molar-refractivity contribution is -0.387. The molecule has 1 fully saturated rings. The highest BCUT2D eigenvalue weighted by atomic mass is 32.2. The Bertz CT molecular complexity index is 1190. The van der Waals surface area contributed by atoms with Crippen molar-refractivity contribution in [1.29, 1.82) is 0 Å². The third kappa shape index (κ3) is 6.97. The summed E-state index contributed by atoms with van der Waals surface area (Å²) in [6.45, 7) is 0.709. The molecule has 3 rings (SSSR count). The molecule has 1 saturated heterocycles. The predicted molar refractivity (Wildman–Crippen MR) is 114 cm³/mol. The number of benzene rings is 2. The van der Waals surface area contributed by atoms with Gasteiger partial charge in [-0.15, -0.1) is 0 Å². The molecular formula is C20H20F3N3O8S. The van der Waals surface area contributed by atoms with Gasteiger partial charge in [-0.25, -0.2) is 18.0 Å². The molecule has 0 radical (unpaired) electrons. The maximum atomic E-state index is 13.0. The Hall–Kier alpha value is -3.56. The van der Waals surface area contributed by atoms with E-state index in [4.69, 9.17) is 9.90 Å². The van der Waals surface area contributed by atoms with Crippen molar-refractivity contribution in [2.75, 3.05) is 26.7 Å². The number of carbonyl (C=O) groups excluding carboxylic acids is 1. The smallest absolute Gasteiger partial charge is 0.475 e. The summed E-state index contributed by atoms with van der Waals surface area (Å²) in [6, 6.07) is 11.7. The number of nitrogens with zero attached hydrogens (tertiary/aromatic N) is 2. The molecule has 0 spiro atoms. The second-order valence-corrected chi connectivity index (χ2v) is 8.92. The van der Waals surface area contributed by atoms with Crippen molar-refractivity contribution in [3.05, 3.63) is 69.8 Å². The standard InChI is InChI=1S/C18H19N3O6S.C2HF3O2/c1-27-18(22)14-8-6-13(7-9-14)15-12-20(11-10-19-15)28(25,26)17-5-3-2-4-16(17)21(23)24;3-2(4,5)1(6)7/h2-9,15,19H,10-12H2,1H3;(H,6,7). The number of nitro groups is 1. The van der Waals surface area contributed by atoms with Gasteiger partial charge in [0.2, 0.25) is 10.0 Å². The van der Waals surface area contributed by atoms with Gasteiger partial charge in [0.1, 0.15) is 0 Å². The lowest BCUT2D eigenvalue weighted by Crippen LogP contribution is -2.48. The van der Waals surface area contributed by atoms with Gasteiger partial charge < -0.3 is 15.2 Å². The highest BCUT2D eigenvalue weighted by molar-refractivity contribution is 7.89. The molecule has 1 unspecified atom stereocenters. The summed E-state index contributed by atoms with van der Waals surface area (Å²) in [6.07, 6.45) is -5.08. The fourth-order valence-corrected chi connectivity index (χ4v) is 4.71. The Balaban J connectivity index is 0.000000540. The zero-order valence-electron chi connectivity index (χ0n) is 18.1. The maximum Gasteiger partial charge on any atom is 0.490 e. The van der Waals surface area contributed by atoms with Crippen molar-refractivity contribution >= 4 is 27.6 Å². The molecule has 1 heterocycles. The molecule has 0 saturated carbocycles. The summed E-state index contributed by atoms with van der Waals surface area (Å²) in [7, 11) is -2.73. The third-order valence-electron chi connectivity index (χ3n) is 4.79. The highest BCUT2D eigenvalue weighted by Crippen LogP contribution is 2.29. The van der Waals surface area contributed by atoms with Crippen LogP contribution in [0.4, 0.5) is 18.9 Å². The third-order valence-corrected chi connectivity index (χ3v) is 6.71. The molecule has 2 N–H and O–H groups in total. The average molecular weight is 519 g/mol. The van der Waals surface area contributed by atoms with Crippen LogP contribution in [0.5, 0.6) is 0 Å². The van der Waals surface area contributed by atoms with E-state index in [2.05, 4.69) is 10.1 Å². The highest BCUT2D eigenvalue weighted by Gasteiger charge is 2.38. The van der Waals surface area contributed by atoms with Crippen LogP contribution in [0.1, 0.15) is 22.0 Å². The molecule has 1 aliphatic heterocycles. The molecule has 1 aliphatic rings. The summed E-state index contributed by atoms with van der Waals surface area (Å²) in [5, 5.41) is 21.6. The van der Waals surface area contributed by atoms with Crippen LogP contribution in [-0.4, -0.2) is 67.6 Å². The monoisotopic (exact) mass is 519 g/mol. The number of carboxylic acid groups (broad SMARTS) is 1. The Labute approximate surface area is 197 Å². The maximum absolute atomic E-state index is 13.0. The van der Waals surface area contributed by atoms with Gasteiger partial charge in [-0.3, -0.25) is 10.1 Å². The fraction of sp³-hybridized carbons (Fsp3) is 0.300. The minimum Gasteiger partial charge on any atom is -0.475 e. The van der Waals surface area contributed by atoms with Crippen LogP contribution in [0.3, 0.4) is 0 Å². The Morgan fingerprint density at radius 1 is 1.17 bits per heavy atom. The number of hydrogen-bond donors (Lipinski definition) is 2.